The molecular weight excluding hydrogens is 316 g/mol. The molecule has 0 heterocycles. The zero-order chi connectivity index (χ0) is 17.3. The first kappa shape index (κ1) is 19.4. The molecule has 23 heavy (non-hydrogen) atoms. The largest absolute Gasteiger partial charge is 0.484 e. The number of nitrogens with zero attached hydrogens (tertiary/aromatic N) is 1. The normalized spacial score (nSPS) is 11.5. The van der Waals surface area contributed by atoms with Gasteiger partial charge in [-0.05, 0) is 24.1 Å². The van der Waals surface area contributed by atoms with Crippen LogP contribution in [0.25, 0.3) is 0 Å². The lowest BCUT2D eigenvalue weighted by atomic mass is 10.2. The van der Waals surface area contributed by atoms with Gasteiger partial charge in [0.25, 0.3) is 5.91 Å². The van der Waals surface area contributed by atoms with Gasteiger partial charge < -0.3 is 10.1 Å². The molecule has 130 valence electrons. The molecule has 6 nitrogen and oxygen atoms in total. The third kappa shape index (κ3) is 7.99. The number of carbonyl (C=O) groups excluding carboxylic acids is 1. The summed E-state index contributed by atoms with van der Waals surface area (Å²) in [6.07, 6.45) is 4.37. The van der Waals surface area contributed by atoms with Gasteiger partial charge in [0.1, 0.15) is 5.75 Å². The Labute approximate surface area is 138 Å². The Morgan fingerprint density at radius 1 is 1.22 bits per heavy atom. The highest BCUT2D eigenvalue weighted by atomic mass is 32.2. The monoisotopic (exact) mass is 342 g/mol. The fraction of sp³-hybridized carbons (Fsp3) is 0.562. The Bertz CT molecular complexity index is 585. The standard InChI is InChI=1S/C16H26N2O4S/c1-4-5-6-11-17-16(19)13-22-15-9-7-14(8-10-15)12-18(2)23(3,20)21/h7-10H,4-6,11-13H2,1-3H3,(H,17,19). The van der Waals surface area contributed by atoms with Gasteiger partial charge in [0, 0.05) is 20.1 Å². The number of nitrogens with one attached hydrogen (secondary N) is 1. The molecule has 1 amide bonds. The summed E-state index contributed by atoms with van der Waals surface area (Å²) in [5.41, 5.74) is 0.856. The molecule has 1 aromatic rings. The molecule has 0 spiro atoms. The lowest BCUT2D eigenvalue weighted by Crippen LogP contribution is -2.29. The average molecular weight is 342 g/mol. The summed E-state index contributed by atoms with van der Waals surface area (Å²) in [7, 11) is -1.67. The van der Waals surface area contributed by atoms with Gasteiger partial charge in [-0.1, -0.05) is 31.9 Å². The lowest BCUT2D eigenvalue weighted by Gasteiger charge is -2.14. The summed E-state index contributed by atoms with van der Waals surface area (Å²) in [4.78, 5) is 11.6. The van der Waals surface area contributed by atoms with E-state index in [0.29, 0.717) is 18.8 Å². The Hall–Kier alpha value is -1.60. The van der Waals surface area contributed by atoms with E-state index in [0.717, 1.165) is 24.8 Å². The number of hydrogen-bond acceptors (Lipinski definition) is 4. The van der Waals surface area contributed by atoms with Gasteiger partial charge in [0.15, 0.2) is 6.61 Å². The SMILES string of the molecule is CCCCCNC(=O)COc1ccc(CN(C)S(C)(=O)=O)cc1. The smallest absolute Gasteiger partial charge is 0.257 e. The summed E-state index contributed by atoms with van der Waals surface area (Å²) in [5.74, 6) is 0.446. The lowest BCUT2D eigenvalue weighted by molar-refractivity contribution is -0.123. The molecule has 7 heteroatoms. The maximum atomic E-state index is 11.6. The van der Waals surface area contributed by atoms with Crippen molar-refractivity contribution < 1.29 is 17.9 Å². The van der Waals surface area contributed by atoms with Crippen molar-refractivity contribution in [3.63, 3.8) is 0 Å². The average Bonchev–Trinajstić information content (AvgIpc) is 2.50. The van der Waals surface area contributed by atoms with Crippen LogP contribution in [0.2, 0.25) is 0 Å². The highest BCUT2D eigenvalue weighted by molar-refractivity contribution is 7.88. The van der Waals surface area contributed by atoms with E-state index in [-0.39, 0.29) is 12.5 Å². The fourth-order valence-electron chi connectivity index (χ4n) is 1.87. The van der Waals surface area contributed by atoms with Gasteiger partial charge in [0.05, 0.1) is 6.26 Å². The van der Waals surface area contributed by atoms with Gasteiger partial charge >= 0.3 is 0 Å². The van der Waals surface area contributed by atoms with Gasteiger partial charge in [-0.3, -0.25) is 4.79 Å². The number of carbonyl (C=O) groups is 1. The van der Waals surface area contributed by atoms with Crippen molar-refractivity contribution in [3.8, 4) is 5.75 Å². The van der Waals surface area contributed by atoms with Crippen molar-refractivity contribution in [1.82, 2.24) is 9.62 Å². The van der Waals surface area contributed by atoms with E-state index < -0.39 is 10.0 Å². The number of benzene rings is 1. The van der Waals surface area contributed by atoms with E-state index in [9.17, 15) is 13.2 Å². The Morgan fingerprint density at radius 3 is 2.43 bits per heavy atom. The number of ether oxygens (including phenoxy) is 1. The minimum atomic E-state index is -3.20. The zero-order valence-corrected chi connectivity index (χ0v) is 14.9. The molecule has 0 radical (unpaired) electrons. The van der Waals surface area contributed by atoms with Gasteiger partial charge in [-0.25, -0.2) is 12.7 Å². The summed E-state index contributed by atoms with van der Waals surface area (Å²) < 4.78 is 29.4. The number of unbranched alkanes of at least 4 members (excludes halogenated alkanes) is 2. The van der Waals surface area contributed by atoms with E-state index in [1.165, 1.54) is 17.6 Å². The minimum Gasteiger partial charge on any atom is -0.484 e. The topological polar surface area (TPSA) is 75.7 Å². The first-order chi connectivity index (χ1) is 10.8. The van der Waals surface area contributed by atoms with Crippen molar-refractivity contribution in [2.24, 2.45) is 0 Å². The molecule has 0 unspecified atom stereocenters. The van der Waals surface area contributed by atoms with E-state index in [4.69, 9.17) is 4.74 Å². The van der Waals surface area contributed by atoms with Gasteiger partial charge in [-0.15, -0.1) is 0 Å². The first-order valence-electron chi connectivity index (χ1n) is 7.72. The Morgan fingerprint density at radius 2 is 1.87 bits per heavy atom. The molecule has 0 atom stereocenters. The van der Waals surface area contributed by atoms with Crippen molar-refractivity contribution in [3.05, 3.63) is 29.8 Å². The van der Waals surface area contributed by atoms with E-state index in [1.807, 2.05) is 0 Å². The van der Waals surface area contributed by atoms with Crippen LogP contribution in [0.15, 0.2) is 24.3 Å². The third-order valence-corrected chi connectivity index (χ3v) is 4.63. The summed E-state index contributed by atoms with van der Waals surface area (Å²) in [6.45, 7) is 3.07. The summed E-state index contributed by atoms with van der Waals surface area (Å²) in [5, 5.41) is 2.80. The van der Waals surface area contributed by atoms with Crippen molar-refractivity contribution >= 4 is 15.9 Å². The van der Waals surface area contributed by atoms with Crippen LogP contribution in [0.4, 0.5) is 0 Å². The summed E-state index contributed by atoms with van der Waals surface area (Å²) >= 11 is 0. The molecule has 1 aromatic carbocycles. The zero-order valence-electron chi connectivity index (χ0n) is 14.0. The molecule has 1 N–H and O–H groups in total. The second kappa shape index (κ2) is 9.52. The summed E-state index contributed by atoms with van der Waals surface area (Å²) in [6, 6.07) is 7.04. The predicted octanol–water partition coefficient (Wildman–Crippen LogP) is 1.76. The van der Waals surface area contributed by atoms with Crippen molar-refractivity contribution in [2.75, 3.05) is 26.5 Å². The van der Waals surface area contributed by atoms with Crippen LogP contribution in [-0.4, -0.2) is 45.1 Å². The first-order valence-corrected chi connectivity index (χ1v) is 9.57. The molecule has 0 aliphatic rings. The van der Waals surface area contributed by atoms with E-state index in [1.54, 1.807) is 24.3 Å². The van der Waals surface area contributed by atoms with Crippen molar-refractivity contribution in [2.45, 2.75) is 32.7 Å². The molecule has 0 bridgehead atoms. The molecule has 0 fully saturated rings. The van der Waals surface area contributed by atoms with Gasteiger partial charge in [0.2, 0.25) is 10.0 Å². The maximum absolute atomic E-state index is 11.6. The molecule has 0 aliphatic carbocycles. The van der Waals surface area contributed by atoms with Gasteiger partial charge in [-0.2, -0.15) is 0 Å². The minimum absolute atomic E-state index is 0.0191. The number of sulfonamides is 1. The fourth-order valence-corrected chi connectivity index (χ4v) is 2.25. The van der Waals surface area contributed by atoms with Crippen molar-refractivity contribution in [1.29, 1.82) is 0 Å². The maximum Gasteiger partial charge on any atom is 0.257 e. The Kier molecular flexibility index (Phi) is 8.05. The van der Waals surface area contributed by atoms with E-state index >= 15 is 0 Å². The predicted molar refractivity (Wildman–Crippen MR) is 90.8 cm³/mol. The van der Waals surface area contributed by atoms with Crippen LogP contribution in [0.5, 0.6) is 5.75 Å². The molecule has 1 rings (SSSR count). The number of amides is 1. The van der Waals surface area contributed by atoms with Crippen LogP contribution in [0.3, 0.4) is 0 Å². The highest BCUT2D eigenvalue weighted by Crippen LogP contribution is 2.14. The Balaban J connectivity index is 2.38. The molecule has 0 aliphatic heterocycles. The number of hydrogen-bond donors (Lipinski definition) is 1. The quantitative estimate of drug-likeness (QED) is 0.658. The van der Waals surface area contributed by atoms with Crippen LogP contribution in [0, 0.1) is 0 Å². The van der Waals surface area contributed by atoms with Crippen LogP contribution < -0.4 is 10.1 Å². The molecule has 0 saturated carbocycles. The van der Waals surface area contributed by atoms with Crippen LogP contribution in [0.1, 0.15) is 31.7 Å². The second-order valence-corrected chi connectivity index (χ2v) is 7.60. The van der Waals surface area contributed by atoms with Crippen LogP contribution >= 0.6 is 0 Å². The molecule has 0 saturated heterocycles. The highest BCUT2D eigenvalue weighted by Gasteiger charge is 2.11. The third-order valence-electron chi connectivity index (χ3n) is 3.37. The van der Waals surface area contributed by atoms with Crippen LogP contribution in [-0.2, 0) is 21.4 Å². The second-order valence-electron chi connectivity index (χ2n) is 5.51. The molecular formula is C16H26N2O4S. The molecule has 0 aromatic heterocycles. The van der Waals surface area contributed by atoms with E-state index in [2.05, 4.69) is 12.2 Å². The number of rotatable bonds is 10.